The van der Waals surface area contributed by atoms with Gasteiger partial charge in [0.2, 0.25) is 0 Å². The molecule has 1 aliphatic heterocycles. The molecule has 0 fully saturated rings. The van der Waals surface area contributed by atoms with Gasteiger partial charge in [0.15, 0.2) is 0 Å². The molecule has 2 aromatic carbocycles. The minimum Gasteiger partial charge on any atom is -0.493 e. The van der Waals surface area contributed by atoms with Crippen LogP contribution in [-0.4, -0.2) is 6.61 Å². The van der Waals surface area contributed by atoms with E-state index < -0.39 is 0 Å². The third-order valence-corrected chi connectivity index (χ3v) is 5.76. The summed E-state index contributed by atoms with van der Waals surface area (Å²) in [5, 5.41) is 1.21. The van der Waals surface area contributed by atoms with Gasteiger partial charge < -0.3 is 9.26 Å². The van der Waals surface area contributed by atoms with Gasteiger partial charge in [-0.3, -0.25) is 0 Å². The van der Waals surface area contributed by atoms with E-state index in [9.17, 15) is 0 Å². The summed E-state index contributed by atoms with van der Waals surface area (Å²) in [4.78, 5) is 0. The topological polar surface area (TPSA) is 18.5 Å². The molecule has 0 aromatic heterocycles. The fraction of sp³-hybridized carbons (Fsp3) is 0.455. The van der Waals surface area contributed by atoms with E-state index >= 15 is 0 Å². The van der Waals surface area contributed by atoms with Crippen LogP contribution in [0.5, 0.6) is 11.5 Å². The Kier molecular flexibility index (Phi) is 7.18. The summed E-state index contributed by atoms with van der Waals surface area (Å²) < 4.78 is 12.0. The fourth-order valence-electron chi connectivity index (χ4n) is 3.28. The van der Waals surface area contributed by atoms with Crippen LogP contribution in [-0.2, 0) is 0 Å². The molecule has 0 radical (unpaired) electrons. The van der Waals surface area contributed by atoms with Crippen molar-refractivity contribution in [2.75, 3.05) is 6.61 Å². The first kappa shape index (κ1) is 18.3. The molecule has 0 N–H and O–H groups in total. The second-order valence-electron chi connectivity index (χ2n) is 6.70. The molecule has 1 heterocycles. The largest absolute Gasteiger partial charge is 0.493 e. The minimum atomic E-state index is 0.325. The zero-order chi connectivity index (χ0) is 17.3. The molecular weight excluding hydrogens is 327 g/mol. The van der Waals surface area contributed by atoms with Gasteiger partial charge >= 0.3 is 0 Å². The Balaban J connectivity index is 1.47. The molecule has 0 amide bonds. The average Bonchev–Trinajstić information content (AvgIpc) is 2.66. The summed E-state index contributed by atoms with van der Waals surface area (Å²) in [5.41, 5.74) is 2.43. The van der Waals surface area contributed by atoms with E-state index in [2.05, 4.69) is 37.3 Å². The molecule has 25 heavy (non-hydrogen) atoms. The normalized spacial score (nSPS) is 13.2. The molecule has 2 aromatic rings. The third-order valence-electron chi connectivity index (χ3n) is 4.72. The van der Waals surface area contributed by atoms with Gasteiger partial charge in [-0.15, -0.1) is 0 Å². The van der Waals surface area contributed by atoms with Crippen molar-refractivity contribution in [2.45, 2.75) is 58.3 Å². The Morgan fingerprint density at radius 1 is 0.800 bits per heavy atom. The first-order chi connectivity index (χ1) is 12.4. The molecule has 3 heteroatoms. The smallest absolute Gasteiger partial charge is 0.131 e. The van der Waals surface area contributed by atoms with Crippen molar-refractivity contribution in [3.05, 3.63) is 42.5 Å². The van der Waals surface area contributed by atoms with Gasteiger partial charge in [-0.2, -0.15) is 0 Å². The summed E-state index contributed by atoms with van der Waals surface area (Å²) in [6.07, 6.45) is 10.6. The minimum absolute atomic E-state index is 0.325. The lowest BCUT2D eigenvalue weighted by Gasteiger charge is -2.22. The second-order valence-corrected chi connectivity index (χ2v) is 7.61. The van der Waals surface area contributed by atoms with Gasteiger partial charge in [-0.1, -0.05) is 82.2 Å². The van der Waals surface area contributed by atoms with E-state index in [1.165, 1.54) is 61.4 Å². The van der Waals surface area contributed by atoms with Crippen LogP contribution in [0.3, 0.4) is 0 Å². The van der Waals surface area contributed by atoms with E-state index in [1.807, 2.05) is 12.1 Å². The van der Waals surface area contributed by atoms with E-state index in [4.69, 9.17) is 9.26 Å². The standard InChI is InChI=1S/C22H29O2P/c1-2-3-4-5-6-7-8-11-17-23-21-16-12-14-19-18-13-9-10-15-20(18)24-25-22(19)21/h9-10,12-16,25H,2-8,11,17H2,1H3. The Labute approximate surface area is 153 Å². The monoisotopic (exact) mass is 356 g/mol. The highest BCUT2D eigenvalue weighted by molar-refractivity contribution is 7.43. The predicted molar refractivity (Wildman–Crippen MR) is 109 cm³/mol. The van der Waals surface area contributed by atoms with Crippen LogP contribution in [0.1, 0.15) is 58.3 Å². The number of hydrogen-bond donors (Lipinski definition) is 0. The molecule has 134 valence electrons. The maximum Gasteiger partial charge on any atom is 0.131 e. The molecule has 1 aliphatic rings. The summed E-state index contributed by atoms with van der Waals surface area (Å²) in [6, 6.07) is 14.6. The number of para-hydroxylation sites is 1. The highest BCUT2D eigenvalue weighted by Crippen LogP contribution is 2.41. The van der Waals surface area contributed by atoms with Crippen LogP contribution in [0, 0.1) is 0 Å². The molecule has 2 nitrogen and oxygen atoms in total. The first-order valence-electron chi connectivity index (χ1n) is 9.68. The Morgan fingerprint density at radius 3 is 2.36 bits per heavy atom. The summed E-state index contributed by atoms with van der Waals surface area (Å²) in [5.74, 6) is 1.97. The van der Waals surface area contributed by atoms with Crippen molar-refractivity contribution in [3.63, 3.8) is 0 Å². The van der Waals surface area contributed by atoms with Crippen molar-refractivity contribution in [1.29, 1.82) is 0 Å². The maximum atomic E-state index is 6.09. The van der Waals surface area contributed by atoms with Gasteiger partial charge in [0.1, 0.15) is 20.3 Å². The van der Waals surface area contributed by atoms with Gasteiger partial charge in [0.25, 0.3) is 0 Å². The quantitative estimate of drug-likeness (QED) is 0.358. The van der Waals surface area contributed by atoms with E-state index in [1.54, 1.807) is 0 Å². The van der Waals surface area contributed by atoms with E-state index in [-0.39, 0.29) is 0 Å². The fourth-order valence-corrected chi connectivity index (χ4v) is 4.26. The van der Waals surface area contributed by atoms with Crippen LogP contribution in [0.4, 0.5) is 0 Å². The van der Waals surface area contributed by atoms with Crippen molar-refractivity contribution in [1.82, 2.24) is 0 Å². The molecule has 3 rings (SSSR count). The molecule has 0 saturated heterocycles. The van der Waals surface area contributed by atoms with Gasteiger partial charge in [-0.05, 0) is 24.1 Å². The van der Waals surface area contributed by atoms with Crippen LogP contribution in [0.2, 0.25) is 0 Å². The Hall–Kier alpha value is -1.53. The number of hydrogen-bond acceptors (Lipinski definition) is 2. The zero-order valence-electron chi connectivity index (χ0n) is 15.2. The summed E-state index contributed by atoms with van der Waals surface area (Å²) >= 11 is 0. The van der Waals surface area contributed by atoms with Crippen LogP contribution < -0.4 is 14.6 Å². The number of fused-ring (bicyclic) bond motifs is 3. The molecule has 1 unspecified atom stereocenters. The third kappa shape index (κ3) is 4.98. The molecule has 0 spiro atoms. The predicted octanol–water partition coefficient (Wildman–Crippen LogP) is 6.48. The van der Waals surface area contributed by atoms with Crippen LogP contribution in [0.25, 0.3) is 11.1 Å². The molecule has 0 aliphatic carbocycles. The highest BCUT2D eigenvalue weighted by Gasteiger charge is 2.20. The van der Waals surface area contributed by atoms with Crippen molar-refractivity contribution < 1.29 is 9.26 Å². The van der Waals surface area contributed by atoms with Crippen LogP contribution >= 0.6 is 8.81 Å². The van der Waals surface area contributed by atoms with Crippen molar-refractivity contribution in [3.8, 4) is 22.6 Å². The maximum absolute atomic E-state index is 6.09. The highest BCUT2D eigenvalue weighted by atomic mass is 31.1. The SMILES string of the molecule is CCCCCCCCCCOc1cccc2c1POc1ccccc1-2. The lowest BCUT2D eigenvalue weighted by Crippen LogP contribution is -2.13. The van der Waals surface area contributed by atoms with Gasteiger partial charge in [0.05, 0.1) is 11.9 Å². The molecular formula is C22H29O2P. The van der Waals surface area contributed by atoms with Crippen molar-refractivity contribution >= 4 is 14.1 Å². The number of unbranched alkanes of at least 4 members (excludes halogenated alkanes) is 7. The van der Waals surface area contributed by atoms with Crippen LogP contribution in [0.15, 0.2) is 42.5 Å². The Morgan fingerprint density at radius 2 is 1.52 bits per heavy atom. The summed E-state index contributed by atoms with van der Waals surface area (Å²) in [7, 11) is 0.325. The Bertz CT molecular complexity index is 669. The summed E-state index contributed by atoms with van der Waals surface area (Å²) in [6.45, 7) is 3.07. The molecule has 0 bridgehead atoms. The number of benzene rings is 2. The zero-order valence-corrected chi connectivity index (χ0v) is 16.2. The average molecular weight is 356 g/mol. The number of rotatable bonds is 10. The first-order valence-corrected chi connectivity index (χ1v) is 10.6. The van der Waals surface area contributed by atoms with Gasteiger partial charge in [0, 0.05) is 5.56 Å². The second kappa shape index (κ2) is 9.82. The lowest BCUT2D eigenvalue weighted by molar-refractivity contribution is 0.306. The molecule has 0 saturated carbocycles. The van der Waals surface area contributed by atoms with Gasteiger partial charge in [-0.25, -0.2) is 0 Å². The number of ether oxygens (including phenoxy) is 1. The lowest BCUT2D eigenvalue weighted by atomic mass is 10.0. The van der Waals surface area contributed by atoms with E-state index in [0.29, 0.717) is 8.81 Å². The molecule has 1 atom stereocenters. The van der Waals surface area contributed by atoms with Crippen molar-refractivity contribution in [2.24, 2.45) is 0 Å². The van der Waals surface area contributed by atoms with E-state index in [0.717, 1.165) is 24.5 Å².